The number of fused-ring (bicyclic) bond motifs is 1. The molecule has 2 rings (SSSR count). The third-order valence-electron chi connectivity index (χ3n) is 3.61. The highest BCUT2D eigenvalue weighted by molar-refractivity contribution is 5.86. The van der Waals surface area contributed by atoms with Gasteiger partial charge in [-0.25, -0.2) is 0 Å². The van der Waals surface area contributed by atoms with Crippen molar-refractivity contribution in [3.05, 3.63) is 48.0 Å². The standard InChI is InChI=1S/C18H23N3O2/c1-12(2)18(23)21-16(19)10-17(22)20-11-14-8-5-7-13-6-3-4-9-15(13)14/h3-9,12,16H,10-11,19H2,1-2H3,(H,20,22)(H,21,23). The highest BCUT2D eigenvalue weighted by Crippen LogP contribution is 2.18. The molecule has 2 amide bonds. The minimum atomic E-state index is -0.669. The molecule has 4 N–H and O–H groups in total. The summed E-state index contributed by atoms with van der Waals surface area (Å²) in [6, 6.07) is 14.0. The molecule has 2 aromatic carbocycles. The van der Waals surface area contributed by atoms with Gasteiger partial charge in [0.05, 0.1) is 12.6 Å². The highest BCUT2D eigenvalue weighted by atomic mass is 16.2. The maximum Gasteiger partial charge on any atom is 0.223 e. The van der Waals surface area contributed by atoms with Gasteiger partial charge in [0.15, 0.2) is 0 Å². The molecule has 0 aliphatic carbocycles. The molecule has 1 atom stereocenters. The van der Waals surface area contributed by atoms with Crippen LogP contribution in [0, 0.1) is 5.92 Å². The largest absolute Gasteiger partial charge is 0.352 e. The summed E-state index contributed by atoms with van der Waals surface area (Å²) < 4.78 is 0. The summed E-state index contributed by atoms with van der Waals surface area (Å²) in [6.45, 7) is 4.00. The van der Waals surface area contributed by atoms with Crippen LogP contribution >= 0.6 is 0 Å². The Morgan fingerprint density at radius 2 is 1.78 bits per heavy atom. The molecule has 0 aliphatic rings. The summed E-state index contributed by atoms with van der Waals surface area (Å²) in [4.78, 5) is 23.5. The molecule has 5 nitrogen and oxygen atoms in total. The van der Waals surface area contributed by atoms with E-state index in [9.17, 15) is 9.59 Å². The lowest BCUT2D eigenvalue weighted by molar-refractivity contribution is -0.125. The van der Waals surface area contributed by atoms with Gasteiger partial charge >= 0.3 is 0 Å². The quantitative estimate of drug-likeness (QED) is 0.712. The number of carbonyl (C=O) groups is 2. The molecule has 23 heavy (non-hydrogen) atoms. The van der Waals surface area contributed by atoms with E-state index >= 15 is 0 Å². The van der Waals surface area contributed by atoms with Crippen LogP contribution in [0.4, 0.5) is 0 Å². The van der Waals surface area contributed by atoms with E-state index < -0.39 is 6.17 Å². The average molecular weight is 313 g/mol. The van der Waals surface area contributed by atoms with Gasteiger partial charge in [-0.15, -0.1) is 0 Å². The first-order valence-corrected chi connectivity index (χ1v) is 7.76. The number of benzene rings is 2. The number of hydrogen-bond donors (Lipinski definition) is 3. The van der Waals surface area contributed by atoms with Crippen molar-refractivity contribution in [3.8, 4) is 0 Å². The van der Waals surface area contributed by atoms with Crippen LogP contribution in [-0.2, 0) is 16.1 Å². The summed E-state index contributed by atoms with van der Waals surface area (Å²) in [6.07, 6.45) is -0.610. The monoisotopic (exact) mass is 313 g/mol. The van der Waals surface area contributed by atoms with Gasteiger partial charge in [-0.05, 0) is 16.3 Å². The third kappa shape index (κ3) is 4.79. The van der Waals surface area contributed by atoms with Gasteiger partial charge < -0.3 is 16.4 Å². The van der Waals surface area contributed by atoms with Crippen LogP contribution in [0.15, 0.2) is 42.5 Å². The Hall–Kier alpha value is -2.40. The maximum atomic E-state index is 12.0. The Balaban J connectivity index is 1.90. The molecule has 0 bridgehead atoms. The van der Waals surface area contributed by atoms with Crippen molar-refractivity contribution in [1.82, 2.24) is 10.6 Å². The molecule has 122 valence electrons. The SMILES string of the molecule is CC(C)C(=O)NC(N)CC(=O)NCc1cccc2ccccc12. The number of nitrogens with one attached hydrogen (secondary N) is 2. The third-order valence-corrected chi connectivity index (χ3v) is 3.61. The van der Waals surface area contributed by atoms with Crippen molar-refractivity contribution in [2.45, 2.75) is 33.0 Å². The van der Waals surface area contributed by atoms with Crippen LogP contribution in [0.1, 0.15) is 25.8 Å². The van der Waals surface area contributed by atoms with Crippen LogP contribution in [0.5, 0.6) is 0 Å². The predicted molar refractivity (Wildman–Crippen MR) is 91.4 cm³/mol. The predicted octanol–water partition coefficient (Wildman–Crippen LogP) is 1.90. The van der Waals surface area contributed by atoms with Gasteiger partial charge in [0.1, 0.15) is 0 Å². The highest BCUT2D eigenvalue weighted by Gasteiger charge is 2.14. The van der Waals surface area contributed by atoms with E-state index in [1.54, 1.807) is 13.8 Å². The normalized spacial score (nSPS) is 12.2. The van der Waals surface area contributed by atoms with E-state index in [0.29, 0.717) is 6.54 Å². The van der Waals surface area contributed by atoms with E-state index in [4.69, 9.17) is 5.73 Å². The summed E-state index contributed by atoms with van der Waals surface area (Å²) in [5.41, 5.74) is 6.83. The number of hydrogen-bond acceptors (Lipinski definition) is 3. The molecule has 0 aliphatic heterocycles. The van der Waals surface area contributed by atoms with Crippen molar-refractivity contribution in [2.24, 2.45) is 11.7 Å². The molecule has 0 radical (unpaired) electrons. The van der Waals surface area contributed by atoms with Crippen LogP contribution in [0.2, 0.25) is 0 Å². The number of amides is 2. The van der Waals surface area contributed by atoms with Gasteiger partial charge in [0.25, 0.3) is 0 Å². The number of carbonyl (C=O) groups excluding carboxylic acids is 2. The van der Waals surface area contributed by atoms with E-state index in [-0.39, 0.29) is 24.2 Å². The molecule has 0 aromatic heterocycles. The number of nitrogens with two attached hydrogens (primary N) is 1. The maximum absolute atomic E-state index is 12.0. The van der Waals surface area contributed by atoms with Crippen LogP contribution < -0.4 is 16.4 Å². The van der Waals surface area contributed by atoms with Crippen molar-refractivity contribution in [1.29, 1.82) is 0 Å². The molecule has 0 spiro atoms. The summed E-state index contributed by atoms with van der Waals surface area (Å²) in [5.74, 6) is -0.492. The lowest BCUT2D eigenvalue weighted by atomic mass is 10.0. The molecular formula is C18H23N3O2. The van der Waals surface area contributed by atoms with Crippen molar-refractivity contribution in [2.75, 3.05) is 0 Å². The first-order valence-electron chi connectivity index (χ1n) is 7.76. The topological polar surface area (TPSA) is 84.2 Å². The van der Waals surface area contributed by atoms with Gasteiger partial charge in [-0.3, -0.25) is 9.59 Å². The minimum Gasteiger partial charge on any atom is -0.352 e. The average Bonchev–Trinajstić information content (AvgIpc) is 2.52. The van der Waals surface area contributed by atoms with Crippen LogP contribution in [-0.4, -0.2) is 18.0 Å². The fourth-order valence-corrected chi connectivity index (χ4v) is 2.31. The Labute approximate surface area is 136 Å². The first kappa shape index (κ1) is 17.0. The van der Waals surface area contributed by atoms with Crippen LogP contribution in [0.25, 0.3) is 10.8 Å². The van der Waals surface area contributed by atoms with Crippen molar-refractivity contribution < 1.29 is 9.59 Å². The Morgan fingerprint density at radius 3 is 2.52 bits per heavy atom. The lowest BCUT2D eigenvalue weighted by Gasteiger charge is -2.15. The Morgan fingerprint density at radius 1 is 1.09 bits per heavy atom. The van der Waals surface area contributed by atoms with E-state index in [2.05, 4.69) is 10.6 Å². The van der Waals surface area contributed by atoms with Crippen molar-refractivity contribution in [3.63, 3.8) is 0 Å². The first-order chi connectivity index (χ1) is 11.0. The van der Waals surface area contributed by atoms with E-state index in [1.807, 2.05) is 42.5 Å². The number of rotatable bonds is 6. The Kier molecular flexibility index (Phi) is 5.71. The van der Waals surface area contributed by atoms with Gasteiger partial charge in [0, 0.05) is 12.5 Å². The molecule has 0 saturated heterocycles. The zero-order valence-corrected chi connectivity index (χ0v) is 13.5. The zero-order valence-electron chi connectivity index (χ0n) is 13.5. The lowest BCUT2D eigenvalue weighted by Crippen LogP contribution is -2.46. The molecule has 1 unspecified atom stereocenters. The Bertz CT molecular complexity index is 692. The minimum absolute atomic E-state index is 0.0588. The molecule has 2 aromatic rings. The smallest absolute Gasteiger partial charge is 0.223 e. The second kappa shape index (κ2) is 7.74. The second-order valence-electron chi connectivity index (χ2n) is 5.89. The zero-order chi connectivity index (χ0) is 16.8. The summed E-state index contributed by atoms with van der Waals surface area (Å²) in [7, 11) is 0. The fraction of sp³-hybridized carbons (Fsp3) is 0.333. The van der Waals surface area contributed by atoms with Gasteiger partial charge in [0.2, 0.25) is 11.8 Å². The van der Waals surface area contributed by atoms with E-state index in [0.717, 1.165) is 16.3 Å². The second-order valence-corrected chi connectivity index (χ2v) is 5.89. The molecule has 0 saturated carbocycles. The summed E-state index contributed by atoms with van der Waals surface area (Å²) in [5, 5.41) is 7.73. The molecule has 0 fully saturated rings. The van der Waals surface area contributed by atoms with Gasteiger partial charge in [-0.1, -0.05) is 56.3 Å². The molecule has 5 heteroatoms. The summed E-state index contributed by atoms with van der Waals surface area (Å²) >= 11 is 0. The molecular weight excluding hydrogens is 290 g/mol. The van der Waals surface area contributed by atoms with E-state index in [1.165, 1.54) is 0 Å². The molecule has 0 heterocycles. The van der Waals surface area contributed by atoms with Crippen molar-refractivity contribution >= 4 is 22.6 Å². The fourth-order valence-electron chi connectivity index (χ4n) is 2.31. The van der Waals surface area contributed by atoms with Gasteiger partial charge in [-0.2, -0.15) is 0 Å². The van der Waals surface area contributed by atoms with Crippen LogP contribution in [0.3, 0.4) is 0 Å².